The van der Waals surface area contributed by atoms with Gasteiger partial charge in [-0.1, -0.05) is 12.0 Å². The summed E-state index contributed by atoms with van der Waals surface area (Å²) in [6.07, 6.45) is 4.92. The van der Waals surface area contributed by atoms with Crippen molar-refractivity contribution in [3.05, 3.63) is 18.2 Å². The molecular weight excluding hydrogens is 164 g/mol. The lowest BCUT2D eigenvalue weighted by Gasteiger charge is -2.08. The highest BCUT2D eigenvalue weighted by Crippen LogP contribution is 2.11. The van der Waals surface area contributed by atoms with E-state index >= 15 is 0 Å². The van der Waals surface area contributed by atoms with Crippen molar-refractivity contribution >= 4 is 5.82 Å². The summed E-state index contributed by atoms with van der Waals surface area (Å²) in [5.41, 5.74) is 0. The quantitative estimate of drug-likeness (QED) is 0.709. The van der Waals surface area contributed by atoms with Gasteiger partial charge in [0.05, 0.1) is 0 Å². The van der Waals surface area contributed by atoms with Crippen LogP contribution in [0.5, 0.6) is 5.88 Å². The number of rotatable bonds is 3. The third kappa shape index (κ3) is 2.68. The van der Waals surface area contributed by atoms with Crippen molar-refractivity contribution in [2.75, 3.05) is 12.4 Å². The number of aromatic nitrogens is 1. The predicted octanol–water partition coefficient (Wildman–Crippen LogP) is 1.52. The molecule has 0 aliphatic carbocycles. The highest BCUT2D eigenvalue weighted by Gasteiger charge is 2.00. The Labute approximate surface area is 78.1 Å². The van der Waals surface area contributed by atoms with Crippen LogP contribution in [-0.4, -0.2) is 18.1 Å². The maximum absolute atomic E-state index is 5.32. The molecule has 13 heavy (non-hydrogen) atoms. The molecule has 0 saturated carbocycles. The first-order valence-corrected chi connectivity index (χ1v) is 4.04. The molecule has 0 aliphatic heterocycles. The summed E-state index contributed by atoms with van der Waals surface area (Å²) >= 11 is 0. The van der Waals surface area contributed by atoms with E-state index in [0.29, 0.717) is 5.88 Å². The summed E-state index contributed by atoms with van der Waals surface area (Å²) in [7, 11) is 1.80. The average Bonchev–Trinajstić information content (AvgIpc) is 2.18. The van der Waals surface area contributed by atoms with Crippen molar-refractivity contribution in [2.24, 2.45) is 0 Å². The molecule has 1 unspecified atom stereocenters. The molecule has 0 amide bonds. The second kappa shape index (κ2) is 4.36. The van der Waals surface area contributed by atoms with Gasteiger partial charge in [0.15, 0.2) is 6.10 Å². The summed E-state index contributed by atoms with van der Waals surface area (Å²) in [5.74, 6) is 3.77. The minimum absolute atomic E-state index is 0.250. The van der Waals surface area contributed by atoms with Crippen molar-refractivity contribution in [1.29, 1.82) is 0 Å². The number of ether oxygens (including phenoxy) is 1. The molecular formula is C10H12N2O. The molecule has 0 aliphatic rings. The Morgan fingerprint density at radius 1 is 1.62 bits per heavy atom. The third-order valence-electron chi connectivity index (χ3n) is 1.51. The van der Waals surface area contributed by atoms with Crippen LogP contribution in [0.3, 0.4) is 0 Å². The minimum Gasteiger partial charge on any atom is -0.461 e. The SMILES string of the molecule is C#CC(C)Oc1cccc(NC)n1. The van der Waals surface area contributed by atoms with E-state index < -0.39 is 0 Å². The number of hydrogen-bond donors (Lipinski definition) is 1. The number of terminal acetylenes is 1. The Kier molecular flexibility index (Phi) is 3.15. The lowest BCUT2D eigenvalue weighted by atomic mass is 10.4. The average molecular weight is 176 g/mol. The van der Waals surface area contributed by atoms with E-state index in [1.165, 1.54) is 0 Å². The van der Waals surface area contributed by atoms with Crippen LogP contribution in [0.2, 0.25) is 0 Å². The molecule has 1 aromatic heterocycles. The Morgan fingerprint density at radius 3 is 3.00 bits per heavy atom. The largest absolute Gasteiger partial charge is 0.461 e. The van der Waals surface area contributed by atoms with E-state index in [4.69, 9.17) is 11.2 Å². The van der Waals surface area contributed by atoms with Crippen molar-refractivity contribution in [1.82, 2.24) is 4.98 Å². The van der Waals surface area contributed by atoms with Gasteiger partial charge >= 0.3 is 0 Å². The molecule has 0 radical (unpaired) electrons. The summed E-state index contributed by atoms with van der Waals surface area (Å²) in [6, 6.07) is 5.49. The van der Waals surface area contributed by atoms with Crippen LogP contribution in [-0.2, 0) is 0 Å². The van der Waals surface area contributed by atoms with Gasteiger partial charge in [-0.25, -0.2) is 0 Å². The summed E-state index contributed by atoms with van der Waals surface area (Å²) < 4.78 is 5.32. The predicted molar refractivity (Wildman–Crippen MR) is 52.7 cm³/mol. The molecule has 1 aromatic rings. The van der Waals surface area contributed by atoms with Crippen molar-refractivity contribution < 1.29 is 4.74 Å². The minimum atomic E-state index is -0.250. The smallest absolute Gasteiger partial charge is 0.216 e. The lowest BCUT2D eigenvalue weighted by Crippen LogP contribution is -2.09. The summed E-state index contributed by atoms with van der Waals surface area (Å²) in [4.78, 5) is 4.15. The van der Waals surface area contributed by atoms with Crippen LogP contribution in [0, 0.1) is 12.3 Å². The second-order valence-corrected chi connectivity index (χ2v) is 2.54. The Bertz CT molecular complexity index is 317. The van der Waals surface area contributed by atoms with Gasteiger partial charge in [0.25, 0.3) is 0 Å². The number of nitrogens with zero attached hydrogens (tertiary/aromatic N) is 1. The number of anilines is 1. The van der Waals surface area contributed by atoms with Crippen LogP contribution >= 0.6 is 0 Å². The van der Waals surface area contributed by atoms with Gasteiger partial charge in [-0.3, -0.25) is 0 Å². The normalized spacial score (nSPS) is 11.5. The third-order valence-corrected chi connectivity index (χ3v) is 1.51. The van der Waals surface area contributed by atoms with Crippen LogP contribution in [0.1, 0.15) is 6.92 Å². The van der Waals surface area contributed by atoms with Gasteiger partial charge in [0, 0.05) is 13.1 Å². The molecule has 1 N–H and O–H groups in total. The number of pyridine rings is 1. The van der Waals surface area contributed by atoms with E-state index in [2.05, 4.69) is 16.2 Å². The zero-order valence-electron chi connectivity index (χ0n) is 7.74. The first kappa shape index (κ1) is 9.40. The monoisotopic (exact) mass is 176 g/mol. The van der Waals surface area contributed by atoms with Crippen LogP contribution in [0.15, 0.2) is 18.2 Å². The first-order chi connectivity index (χ1) is 6.26. The summed E-state index contributed by atoms with van der Waals surface area (Å²) in [6.45, 7) is 1.80. The van der Waals surface area contributed by atoms with Crippen molar-refractivity contribution in [3.63, 3.8) is 0 Å². The second-order valence-electron chi connectivity index (χ2n) is 2.54. The van der Waals surface area contributed by atoms with E-state index in [1.54, 1.807) is 20.0 Å². The molecule has 3 heteroatoms. The molecule has 0 fully saturated rings. The van der Waals surface area contributed by atoms with Gasteiger partial charge < -0.3 is 10.1 Å². The van der Waals surface area contributed by atoms with Gasteiger partial charge in [-0.2, -0.15) is 4.98 Å². The molecule has 1 rings (SSSR count). The van der Waals surface area contributed by atoms with E-state index in [0.717, 1.165) is 5.82 Å². The standard InChI is InChI=1S/C10H12N2O/c1-4-8(2)13-10-7-5-6-9(11-3)12-10/h1,5-8H,2-3H3,(H,11,12). The zero-order chi connectivity index (χ0) is 9.68. The summed E-state index contributed by atoms with van der Waals surface area (Å²) in [5, 5.41) is 2.92. The molecule has 3 nitrogen and oxygen atoms in total. The van der Waals surface area contributed by atoms with Gasteiger partial charge in [0.1, 0.15) is 5.82 Å². The molecule has 0 saturated heterocycles. The fourth-order valence-corrected chi connectivity index (χ4v) is 0.835. The lowest BCUT2D eigenvalue weighted by molar-refractivity contribution is 0.268. The molecule has 68 valence electrons. The highest BCUT2D eigenvalue weighted by molar-refractivity contribution is 5.36. The highest BCUT2D eigenvalue weighted by atomic mass is 16.5. The molecule has 0 spiro atoms. The molecule has 1 heterocycles. The maximum atomic E-state index is 5.32. The molecule has 1 atom stereocenters. The van der Waals surface area contributed by atoms with Crippen LogP contribution < -0.4 is 10.1 Å². The fourth-order valence-electron chi connectivity index (χ4n) is 0.835. The maximum Gasteiger partial charge on any atom is 0.216 e. The van der Waals surface area contributed by atoms with E-state index in [9.17, 15) is 0 Å². The van der Waals surface area contributed by atoms with Crippen LogP contribution in [0.25, 0.3) is 0 Å². The van der Waals surface area contributed by atoms with Crippen LogP contribution in [0.4, 0.5) is 5.82 Å². The van der Waals surface area contributed by atoms with Gasteiger partial charge in [-0.15, -0.1) is 6.42 Å². The first-order valence-electron chi connectivity index (χ1n) is 4.04. The zero-order valence-corrected chi connectivity index (χ0v) is 7.74. The van der Waals surface area contributed by atoms with Gasteiger partial charge in [0.2, 0.25) is 5.88 Å². The number of hydrogen-bond acceptors (Lipinski definition) is 3. The van der Waals surface area contributed by atoms with E-state index in [1.807, 2.05) is 12.1 Å². The van der Waals surface area contributed by atoms with Crippen molar-refractivity contribution in [3.8, 4) is 18.2 Å². The molecule has 0 bridgehead atoms. The Balaban J connectivity index is 2.73. The molecule has 0 aromatic carbocycles. The Hall–Kier alpha value is -1.69. The number of nitrogens with one attached hydrogen (secondary N) is 1. The topological polar surface area (TPSA) is 34.1 Å². The van der Waals surface area contributed by atoms with Crippen molar-refractivity contribution in [2.45, 2.75) is 13.0 Å². The van der Waals surface area contributed by atoms with E-state index in [-0.39, 0.29) is 6.10 Å². The Morgan fingerprint density at radius 2 is 2.38 bits per heavy atom. The fraction of sp³-hybridized carbons (Fsp3) is 0.300. The van der Waals surface area contributed by atoms with Gasteiger partial charge in [-0.05, 0) is 13.0 Å².